The smallest absolute Gasteiger partial charge is 0.00738 e. The van der Waals surface area contributed by atoms with Crippen LogP contribution in [0, 0.1) is 23.7 Å². The molecule has 2 N–H and O–H groups in total. The highest BCUT2D eigenvalue weighted by Gasteiger charge is 2.49. The molecule has 0 heterocycles. The molecule has 0 aromatic heterocycles. The quantitative estimate of drug-likeness (QED) is 0.607. The van der Waals surface area contributed by atoms with E-state index in [1.54, 1.807) is 6.42 Å². The molecule has 0 saturated heterocycles. The molecule has 2 bridgehead atoms. The fraction of sp³-hybridized carbons (Fsp3) is 1.00. The van der Waals surface area contributed by atoms with Crippen molar-refractivity contribution < 1.29 is 0 Å². The highest BCUT2D eigenvalue weighted by molar-refractivity contribution is 5.02. The Kier molecular flexibility index (Phi) is 1.18. The molecule has 3 aliphatic rings. The van der Waals surface area contributed by atoms with Crippen molar-refractivity contribution in [3.8, 4) is 0 Å². The Morgan fingerprint density at radius 3 is 2.18 bits per heavy atom. The molecule has 3 rings (SSSR count). The first-order chi connectivity index (χ1) is 5.34. The molecule has 0 radical (unpaired) electrons. The average Bonchev–Trinajstić information content (AvgIpc) is 2.52. The van der Waals surface area contributed by atoms with E-state index < -0.39 is 0 Å². The summed E-state index contributed by atoms with van der Waals surface area (Å²) in [6.07, 6.45) is 7.48. The van der Waals surface area contributed by atoms with Gasteiger partial charge in [0.1, 0.15) is 0 Å². The fourth-order valence-corrected chi connectivity index (χ4v) is 3.55. The summed E-state index contributed by atoms with van der Waals surface area (Å²) in [6, 6.07) is 0.597. The molecule has 3 fully saturated rings. The van der Waals surface area contributed by atoms with Crippen molar-refractivity contribution in [2.24, 2.45) is 29.4 Å². The molecule has 0 aromatic rings. The lowest BCUT2D eigenvalue weighted by Crippen LogP contribution is -2.16. The maximum absolute atomic E-state index is 5.88. The third-order valence-electron chi connectivity index (χ3n) is 4.23. The van der Waals surface area contributed by atoms with Gasteiger partial charge in [0.05, 0.1) is 0 Å². The minimum absolute atomic E-state index is 0.597. The van der Waals surface area contributed by atoms with Crippen LogP contribution in [0.5, 0.6) is 0 Å². The second-order valence-corrected chi connectivity index (χ2v) is 4.90. The summed E-state index contributed by atoms with van der Waals surface area (Å²) in [4.78, 5) is 0. The lowest BCUT2D eigenvalue weighted by Gasteiger charge is -2.21. The second-order valence-electron chi connectivity index (χ2n) is 4.90. The Hall–Kier alpha value is -0.0400. The molecule has 11 heavy (non-hydrogen) atoms. The van der Waals surface area contributed by atoms with E-state index in [1.807, 2.05) is 0 Å². The minimum Gasteiger partial charge on any atom is -0.327 e. The fourth-order valence-electron chi connectivity index (χ4n) is 3.55. The van der Waals surface area contributed by atoms with Crippen molar-refractivity contribution in [3.63, 3.8) is 0 Å². The molecule has 5 atom stereocenters. The Balaban J connectivity index is 1.72. The molecular weight excluding hydrogens is 134 g/mol. The number of rotatable bonds is 1. The summed E-state index contributed by atoms with van der Waals surface area (Å²) in [7, 11) is 0. The Bertz CT molecular complexity index is 178. The van der Waals surface area contributed by atoms with Crippen molar-refractivity contribution in [1.82, 2.24) is 0 Å². The summed E-state index contributed by atoms with van der Waals surface area (Å²) >= 11 is 0. The molecule has 0 aliphatic heterocycles. The molecule has 0 spiro atoms. The number of hydrogen-bond donors (Lipinski definition) is 1. The molecule has 3 aliphatic carbocycles. The van der Waals surface area contributed by atoms with Gasteiger partial charge in [-0.15, -0.1) is 0 Å². The summed E-state index contributed by atoms with van der Waals surface area (Å²) < 4.78 is 0. The lowest BCUT2D eigenvalue weighted by molar-refractivity contribution is 0.293. The number of fused-ring (bicyclic) bond motifs is 2. The van der Waals surface area contributed by atoms with Crippen LogP contribution in [0.1, 0.15) is 32.1 Å². The Labute approximate surface area is 68.3 Å². The van der Waals surface area contributed by atoms with E-state index in [9.17, 15) is 0 Å². The van der Waals surface area contributed by atoms with Gasteiger partial charge in [0.25, 0.3) is 0 Å². The minimum atomic E-state index is 0.597. The topological polar surface area (TPSA) is 26.0 Å². The van der Waals surface area contributed by atoms with Crippen molar-refractivity contribution >= 4 is 0 Å². The number of nitrogens with two attached hydrogens (primary N) is 1. The van der Waals surface area contributed by atoms with Crippen molar-refractivity contribution in [1.29, 1.82) is 0 Å². The van der Waals surface area contributed by atoms with Crippen LogP contribution in [-0.4, -0.2) is 6.04 Å². The zero-order valence-corrected chi connectivity index (χ0v) is 7.00. The predicted molar refractivity (Wildman–Crippen MR) is 45.0 cm³/mol. The van der Waals surface area contributed by atoms with Crippen LogP contribution >= 0.6 is 0 Å². The van der Waals surface area contributed by atoms with Gasteiger partial charge in [-0.3, -0.25) is 0 Å². The second kappa shape index (κ2) is 2.01. The van der Waals surface area contributed by atoms with Crippen molar-refractivity contribution in [2.75, 3.05) is 0 Å². The normalized spacial score (nSPS) is 60.3. The van der Waals surface area contributed by atoms with E-state index in [-0.39, 0.29) is 0 Å². The SMILES string of the molecule is N[C@@H]1C[C@H]1C1CC2CCC1C2. The highest BCUT2D eigenvalue weighted by atomic mass is 14.8. The maximum atomic E-state index is 5.88. The summed E-state index contributed by atoms with van der Waals surface area (Å²) in [5.41, 5.74) is 5.88. The predicted octanol–water partition coefficient (Wildman–Crippen LogP) is 1.77. The molecule has 62 valence electrons. The van der Waals surface area contributed by atoms with Gasteiger partial charge in [-0.25, -0.2) is 0 Å². The van der Waals surface area contributed by atoms with Crippen LogP contribution in [0.4, 0.5) is 0 Å². The molecule has 1 nitrogen and oxygen atoms in total. The molecule has 3 saturated carbocycles. The molecular formula is C10H17N. The van der Waals surface area contributed by atoms with Crippen molar-refractivity contribution in [2.45, 2.75) is 38.1 Å². The molecule has 1 heteroatoms. The van der Waals surface area contributed by atoms with Gasteiger partial charge in [0, 0.05) is 6.04 Å². The van der Waals surface area contributed by atoms with E-state index in [1.165, 1.54) is 25.7 Å². The summed E-state index contributed by atoms with van der Waals surface area (Å²) in [5.74, 6) is 4.21. The first kappa shape index (κ1) is 6.47. The van der Waals surface area contributed by atoms with Crippen LogP contribution in [0.2, 0.25) is 0 Å². The Morgan fingerprint density at radius 1 is 0.909 bits per heavy atom. The van der Waals surface area contributed by atoms with E-state index in [2.05, 4.69) is 0 Å². The number of hydrogen-bond acceptors (Lipinski definition) is 1. The first-order valence-electron chi connectivity index (χ1n) is 5.10. The third-order valence-corrected chi connectivity index (χ3v) is 4.23. The van der Waals surface area contributed by atoms with E-state index >= 15 is 0 Å². The lowest BCUT2D eigenvalue weighted by atomic mass is 9.85. The van der Waals surface area contributed by atoms with Gasteiger partial charge in [0.2, 0.25) is 0 Å². The standard InChI is InChI=1S/C10H17N/c11-10-5-9(10)8-4-6-1-2-7(8)3-6/h6-10H,1-5,11H2/t6?,7?,8?,9-,10+/m0/s1. The maximum Gasteiger partial charge on any atom is 0.00738 e. The summed E-state index contributed by atoms with van der Waals surface area (Å²) in [5, 5.41) is 0. The largest absolute Gasteiger partial charge is 0.327 e. The third kappa shape index (κ3) is 0.868. The van der Waals surface area contributed by atoms with E-state index in [0.29, 0.717) is 6.04 Å². The van der Waals surface area contributed by atoms with Gasteiger partial charge in [-0.05, 0) is 49.4 Å². The van der Waals surface area contributed by atoms with Gasteiger partial charge in [0.15, 0.2) is 0 Å². The van der Waals surface area contributed by atoms with Crippen LogP contribution < -0.4 is 5.73 Å². The summed E-state index contributed by atoms with van der Waals surface area (Å²) in [6.45, 7) is 0. The van der Waals surface area contributed by atoms with E-state index in [4.69, 9.17) is 5.73 Å². The highest BCUT2D eigenvalue weighted by Crippen LogP contribution is 2.56. The molecule has 0 amide bonds. The van der Waals surface area contributed by atoms with Gasteiger partial charge in [-0.2, -0.15) is 0 Å². The van der Waals surface area contributed by atoms with Crippen LogP contribution in [0.15, 0.2) is 0 Å². The van der Waals surface area contributed by atoms with Crippen LogP contribution in [0.25, 0.3) is 0 Å². The van der Waals surface area contributed by atoms with E-state index in [0.717, 1.165) is 23.7 Å². The zero-order chi connectivity index (χ0) is 7.42. The molecule has 3 unspecified atom stereocenters. The average molecular weight is 151 g/mol. The van der Waals surface area contributed by atoms with Gasteiger partial charge in [-0.1, -0.05) is 6.42 Å². The Morgan fingerprint density at radius 2 is 1.73 bits per heavy atom. The first-order valence-corrected chi connectivity index (χ1v) is 5.10. The monoisotopic (exact) mass is 151 g/mol. The van der Waals surface area contributed by atoms with Crippen LogP contribution in [-0.2, 0) is 0 Å². The van der Waals surface area contributed by atoms with Crippen LogP contribution in [0.3, 0.4) is 0 Å². The van der Waals surface area contributed by atoms with Crippen molar-refractivity contribution in [3.05, 3.63) is 0 Å². The van der Waals surface area contributed by atoms with Gasteiger partial charge < -0.3 is 5.73 Å². The van der Waals surface area contributed by atoms with Gasteiger partial charge >= 0.3 is 0 Å². The molecule has 0 aromatic carbocycles. The zero-order valence-electron chi connectivity index (χ0n) is 7.00.